The van der Waals surface area contributed by atoms with Gasteiger partial charge in [0.1, 0.15) is 12.1 Å². The summed E-state index contributed by atoms with van der Waals surface area (Å²) in [5.41, 5.74) is 17.2. The molecule has 0 spiro atoms. The number of aliphatic hydroxyl groups excluding tert-OH is 1. The van der Waals surface area contributed by atoms with Gasteiger partial charge < -0.3 is 48.3 Å². The lowest BCUT2D eigenvalue weighted by molar-refractivity contribution is -0.145. The largest absolute Gasteiger partial charge is 0.480 e. The quantitative estimate of drug-likeness (QED) is 0.0470. The van der Waals surface area contributed by atoms with Crippen molar-refractivity contribution in [3.8, 4) is 0 Å². The van der Waals surface area contributed by atoms with Crippen LogP contribution in [0.3, 0.4) is 0 Å². The molecule has 5 unspecified atom stereocenters. The number of nitrogens with one attached hydrogen (secondary N) is 4. The number of carbonyl (C=O) groups excluding carboxylic acids is 3. The third-order valence-corrected chi connectivity index (χ3v) is 5.14. The van der Waals surface area contributed by atoms with Crippen LogP contribution in [-0.2, 0) is 25.6 Å². The van der Waals surface area contributed by atoms with E-state index in [1.165, 1.54) is 19.4 Å². The molecule has 1 aromatic rings. The van der Waals surface area contributed by atoms with Crippen molar-refractivity contribution in [2.75, 3.05) is 12.3 Å². The van der Waals surface area contributed by atoms with Gasteiger partial charge in [0.15, 0.2) is 12.0 Å². The lowest BCUT2D eigenvalue weighted by atomic mass is 10.1. The summed E-state index contributed by atoms with van der Waals surface area (Å²) in [6.45, 7) is 1.38. The van der Waals surface area contributed by atoms with E-state index in [2.05, 4.69) is 43.5 Å². The molecule has 3 amide bonds. The van der Waals surface area contributed by atoms with Crippen molar-refractivity contribution in [1.82, 2.24) is 25.9 Å². The third-order valence-electron chi connectivity index (χ3n) is 4.77. The first-order valence-electron chi connectivity index (χ1n) is 10.7. The number of thiol groups is 1. The number of carboxylic acid groups (broad SMARTS) is 1. The van der Waals surface area contributed by atoms with Crippen LogP contribution in [0.5, 0.6) is 0 Å². The molecule has 0 bridgehead atoms. The van der Waals surface area contributed by atoms with Crippen molar-refractivity contribution in [2.45, 2.75) is 56.5 Å². The number of H-pyrrole nitrogens is 1. The number of carboxylic acids is 1. The van der Waals surface area contributed by atoms with E-state index in [4.69, 9.17) is 22.3 Å². The molecule has 0 aliphatic heterocycles. The first-order chi connectivity index (χ1) is 16.5. The van der Waals surface area contributed by atoms with Crippen LogP contribution in [0, 0.1) is 0 Å². The maximum Gasteiger partial charge on any atom is 0.328 e. The van der Waals surface area contributed by atoms with Gasteiger partial charge in [-0.3, -0.25) is 19.4 Å². The second-order valence-electron chi connectivity index (χ2n) is 7.71. The standard InChI is InChI=1S/C19H33N9O6S/c1-9(29)14(18(33)34)28-17(32)13(7-35)27-16(31)12(3-2-4-24-19(21)22)26-15(30)11(20)5-10-6-23-8-25-10/h6,8-9,11-14,29,35H,2-5,7,20H2,1H3,(H,23,25)(H,26,30)(H,27,31)(H,28,32)(H,33,34)(H4,21,22,24). The van der Waals surface area contributed by atoms with E-state index in [1.807, 2.05) is 0 Å². The smallest absolute Gasteiger partial charge is 0.328 e. The van der Waals surface area contributed by atoms with Gasteiger partial charge in [-0.25, -0.2) is 9.78 Å². The van der Waals surface area contributed by atoms with Crippen molar-refractivity contribution in [3.05, 3.63) is 18.2 Å². The van der Waals surface area contributed by atoms with Crippen molar-refractivity contribution >= 4 is 42.3 Å². The van der Waals surface area contributed by atoms with Crippen molar-refractivity contribution in [3.63, 3.8) is 0 Å². The SMILES string of the molecule is CC(O)C(NC(=O)C(CS)NC(=O)C(CCCN=C(N)N)NC(=O)C(N)Cc1cnc[nH]1)C(=O)O. The van der Waals surface area contributed by atoms with Gasteiger partial charge in [-0.1, -0.05) is 0 Å². The highest BCUT2D eigenvalue weighted by molar-refractivity contribution is 7.80. The lowest BCUT2D eigenvalue weighted by Gasteiger charge is -2.25. The van der Waals surface area contributed by atoms with Crippen molar-refractivity contribution < 1.29 is 29.4 Å². The molecule has 5 atom stereocenters. The summed E-state index contributed by atoms with van der Waals surface area (Å²) >= 11 is 4.04. The van der Waals surface area contributed by atoms with E-state index < -0.39 is 54.0 Å². The van der Waals surface area contributed by atoms with Gasteiger partial charge in [0.2, 0.25) is 17.7 Å². The molecule has 15 nitrogen and oxygen atoms in total. The Labute approximate surface area is 207 Å². The zero-order chi connectivity index (χ0) is 26.5. The van der Waals surface area contributed by atoms with Gasteiger partial charge >= 0.3 is 5.97 Å². The second kappa shape index (κ2) is 14.8. The zero-order valence-electron chi connectivity index (χ0n) is 19.2. The number of aliphatic carboxylic acids is 1. The first-order valence-corrected chi connectivity index (χ1v) is 11.3. The van der Waals surface area contributed by atoms with E-state index in [-0.39, 0.29) is 31.1 Å². The molecule has 196 valence electrons. The number of carbonyl (C=O) groups is 4. The monoisotopic (exact) mass is 515 g/mol. The number of imidazole rings is 1. The van der Waals surface area contributed by atoms with Gasteiger partial charge in [-0.15, -0.1) is 0 Å². The molecule has 1 heterocycles. The normalized spacial score (nSPS) is 15.1. The molecule has 1 aromatic heterocycles. The average molecular weight is 516 g/mol. The summed E-state index contributed by atoms with van der Waals surface area (Å²) in [7, 11) is 0. The number of amides is 3. The maximum atomic E-state index is 12.9. The molecule has 35 heavy (non-hydrogen) atoms. The molecule has 0 aliphatic rings. The lowest BCUT2D eigenvalue weighted by Crippen LogP contribution is -2.59. The van der Waals surface area contributed by atoms with Crippen LogP contribution >= 0.6 is 12.6 Å². The number of hydrogen-bond acceptors (Lipinski definition) is 9. The molecule has 1 rings (SSSR count). The van der Waals surface area contributed by atoms with Gasteiger partial charge in [0.25, 0.3) is 0 Å². The highest BCUT2D eigenvalue weighted by Crippen LogP contribution is 2.04. The van der Waals surface area contributed by atoms with Crippen LogP contribution in [0.2, 0.25) is 0 Å². The first kappa shape index (κ1) is 29.7. The summed E-state index contributed by atoms with van der Waals surface area (Å²) in [6, 6.07) is -4.93. The fraction of sp³-hybridized carbons (Fsp3) is 0.579. The molecular weight excluding hydrogens is 482 g/mol. The average Bonchev–Trinajstić information content (AvgIpc) is 3.29. The molecule has 16 heteroatoms. The zero-order valence-corrected chi connectivity index (χ0v) is 20.1. The van der Waals surface area contributed by atoms with E-state index in [9.17, 15) is 24.3 Å². The predicted octanol–water partition coefficient (Wildman–Crippen LogP) is -3.82. The third kappa shape index (κ3) is 10.6. The Morgan fingerprint density at radius 2 is 1.77 bits per heavy atom. The minimum atomic E-state index is -1.59. The highest BCUT2D eigenvalue weighted by atomic mass is 32.1. The highest BCUT2D eigenvalue weighted by Gasteiger charge is 2.31. The number of aliphatic hydroxyl groups is 1. The Morgan fingerprint density at radius 1 is 1.14 bits per heavy atom. The summed E-state index contributed by atoms with van der Waals surface area (Å²) in [4.78, 5) is 59.8. The minimum Gasteiger partial charge on any atom is -0.480 e. The van der Waals surface area contributed by atoms with Crippen LogP contribution in [-0.4, -0.2) is 92.4 Å². The van der Waals surface area contributed by atoms with Crippen molar-refractivity contribution in [1.29, 1.82) is 0 Å². The fourth-order valence-corrected chi connectivity index (χ4v) is 3.14. The second-order valence-corrected chi connectivity index (χ2v) is 8.07. The number of aromatic amines is 1. The molecule has 0 saturated heterocycles. The molecule has 0 saturated carbocycles. The van der Waals surface area contributed by atoms with Gasteiger partial charge in [0, 0.05) is 30.6 Å². The van der Waals surface area contributed by atoms with E-state index >= 15 is 0 Å². The Bertz CT molecular complexity index is 876. The number of rotatable bonds is 15. The number of aliphatic imine (C=N–C) groups is 1. The van der Waals surface area contributed by atoms with Crippen LogP contribution in [0.4, 0.5) is 0 Å². The van der Waals surface area contributed by atoms with Crippen LogP contribution < -0.4 is 33.2 Å². The molecular formula is C19H33N9O6S. The summed E-state index contributed by atoms with van der Waals surface area (Å²) in [5, 5.41) is 25.8. The van der Waals surface area contributed by atoms with Crippen LogP contribution in [0.15, 0.2) is 17.5 Å². The van der Waals surface area contributed by atoms with E-state index in [0.717, 1.165) is 0 Å². The molecule has 0 fully saturated rings. The predicted molar refractivity (Wildman–Crippen MR) is 129 cm³/mol. The Hall–Kier alpha value is -3.37. The number of hydrogen-bond donors (Lipinski definition) is 10. The maximum absolute atomic E-state index is 12.9. The summed E-state index contributed by atoms with van der Waals surface area (Å²) in [6.07, 6.45) is 2.14. The number of nitrogens with zero attached hydrogens (tertiary/aromatic N) is 2. The van der Waals surface area contributed by atoms with Crippen molar-refractivity contribution in [2.24, 2.45) is 22.2 Å². The fourth-order valence-electron chi connectivity index (χ4n) is 2.89. The Kier molecular flexibility index (Phi) is 12.5. The number of guanidine groups is 1. The Morgan fingerprint density at radius 3 is 2.29 bits per heavy atom. The summed E-state index contributed by atoms with van der Waals surface area (Å²) < 4.78 is 0. The molecule has 12 N–H and O–H groups in total. The van der Waals surface area contributed by atoms with Gasteiger partial charge in [-0.05, 0) is 19.8 Å². The minimum absolute atomic E-state index is 0.109. The van der Waals surface area contributed by atoms with Crippen LogP contribution in [0.25, 0.3) is 0 Å². The summed E-state index contributed by atoms with van der Waals surface area (Å²) in [5.74, 6) is -3.98. The topological polar surface area (TPSA) is 264 Å². The Balaban J connectivity index is 2.89. The van der Waals surface area contributed by atoms with Gasteiger partial charge in [-0.2, -0.15) is 12.6 Å². The van der Waals surface area contributed by atoms with E-state index in [1.54, 1.807) is 0 Å². The number of nitrogens with two attached hydrogens (primary N) is 3. The van der Waals surface area contributed by atoms with Crippen LogP contribution in [0.1, 0.15) is 25.5 Å². The van der Waals surface area contributed by atoms with E-state index in [0.29, 0.717) is 12.1 Å². The number of aromatic nitrogens is 2. The molecule has 0 radical (unpaired) electrons. The molecule has 0 aliphatic carbocycles. The van der Waals surface area contributed by atoms with Gasteiger partial charge in [0.05, 0.1) is 18.5 Å². The molecule has 0 aromatic carbocycles.